The second-order valence-electron chi connectivity index (χ2n) is 4.23. The summed E-state index contributed by atoms with van der Waals surface area (Å²) in [6, 6.07) is 9.30. The maximum absolute atomic E-state index is 12.0. The molecule has 1 aromatic carbocycles. The zero-order valence-electron chi connectivity index (χ0n) is 11.0. The first-order chi connectivity index (χ1) is 8.74. The Morgan fingerprint density at radius 2 is 2.11 bits per heavy atom. The molecule has 1 atom stereocenters. The van der Waals surface area contributed by atoms with E-state index < -0.39 is 5.92 Å². The molecule has 0 spiro atoms. The summed E-state index contributed by atoms with van der Waals surface area (Å²) in [6.07, 6.45) is 3.40. The van der Waals surface area contributed by atoms with Crippen LogP contribution in [0.3, 0.4) is 0 Å². The largest absolute Gasteiger partial charge is 0.496 e. The number of methoxy groups -OCH3 is 1. The third kappa shape index (κ3) is 3.59. The number of carbonyl (C=O) groups is 1. The molecule has 0 amide bonds. The number of nitrogens with zero attached hydrogens (tertiary/aromatic N) is 1. The van der Waals surface area contributed by atoms with Gasteiger partial charge < -0.3 is 4.74 Å². The Kier molecular flexibility index (Phi) is 5.93. The average Bonchev–Trinajstić information content (AvgIpc) is 2.40. The van der Waals surface area contributed by atoms with Crippen molar-refractivity contribution in [2.24, 2.45) is 0 Å². The molecule has 0 aliphatic carbocycles. The number of hydrogen-bond donors (Lipinski definition) is 0. The van der Waals surface area contributed by atoms with Gasteiger partial charge in [-0.2, -0.15) is 5.26 Å². The molecule has 3 nitrogen and oxygen atoms in total. The first kappa shape index (κ1) is 14.2. The molecule has 0 aliphatic rings. The Morgan fingerprint density at radius 3 is 2.72 bits per heavy atom. The standard InChI is InChI=1S/C15H19NO2/c1-3-4-5-9-14(17)13(11-16)12-8-6-7-10-15(12)18-2/h6-8,10,13H,3-5,9H2,1-2H3. The highest BCUT2D eigenvalue weighted by Gasteiger charge is 2.22. The first-order valence-corrected chi connectivity index (χ1v) is 6.29. The van der Waals surface area contributed by atoms with Gasteiger partial charge in [-0.3, -0.25) is 4.79 Å². The molecule has 1 aromatic rings. The van der Waals surface area contributed by atoms with Crippen molar-refractivity contribution in [3.63, 3.8) is 0 Å². The van der Waals surface area contributed by atoms with E-state index in [0.29, 0.717) is 17.7 Å². The average molecular weight is 245 g/mol. The summed E-state index contributed by atoms with van der Waals surface area (Å²) in [5.74, 6) is -0.124. The number of nitriles is 1. The van der Waals surface area contributed by atoms with Crippen LogP contribution in [0.2, 0.25) is 0 Å². The minimum Gasteiger partial charge on any atom is -0.496 e. The van der Waals surface area contributed by atoms with Crippen LogP contribution in [0.4, 0.5) is 0 Å². The third-order valence-corrected chi connectivity index (χ3v) is 2.93. The number of hydrogen-bond acceptors (Lipinski definition) is 3. The highest BCUT2D eigenvalue weighted by molar-refractivity contribution is 5.89. The van der Waals surface area contributed by atoms with Crippen LogP contribution in [-0.2, 0) is 4.79 Å². The van der Waals surface area contributed by atoms with Gasteiger partial charge in [0.2, 0.25) is 0 Å². The van der Waals surface area contributed by atoms with E-state index in [0.717, 1.165) is 19.3 Å². The summed E-state index contributed by atoms with van der Waals surface area (Å²) in [6.45, 7) is 2.09. The minimum absolute atomic E-state index is 0.0181. The van der Waals surface area contributed by atoms with E-state index >= 15 is 0 Å². The van der Waals surface area contributed by atoms with Crippen molar-refractivity contribution < 1.29 is 9.53 Å². The van der Waals surface area contributed by atoms with Gasteiger partial charge in [0, 0.05) is 12.0 Å². The number of ketones is 1. The Morgan fingerprint density at radius 1 is 1.39 bits per heavy atom. The molecule has 1 unspecified atom stereocenters. The lowest BCUT2D eigenvalue weighted by molar-refractivity contribution is -0.119. The highest BCUT2D eigenvalue weighted by atomic mass is 16.5. The van der Waals surface area contributed by atoms with Crippen molar-refractivity contribution in [3.8, 4) is 11.8 Å². The third-order valence-electron chi connectivity index (χ3n) is 2.93. The van der Waals surface area contributed by atoms with Crippen LogP contribution in [0, 0.1) is 11.3 Å². The summed E-state index contributed by atoms with van der Waals surface area (Å²) >= 11 is 0. The predicted octanol–water partition coefficient (Wildman–Crippen LogP) is 3.45. The van der Waals surface area contributed by atoms with E-state index in [-0.39, 0.29) is 5.78 Å². The molecular weight excluding hydrogens is 226 g/mol. The van der Waals surface area contributed by atoms with Crippen LogP contribution in [0.5, 0.6) is 5.75 Å². The lowest BCUT2D eigenvalue weighted by Gasteiger charge is -2.12. The highest BCUT2D eigenvalue weighted by Crippen LogP contribution is 2.27. The first-order valence-electron chi connectivity index (χ1n) is 6.29. The smallest absolute Gasteiger partial charge is 0.154 e. The zero-order valence-corrected chi connectivity index (χ0v) is 11.0. The monoisotopic (exact) mass is 245 g/mol. The van der Waals surface area contributed by atoms with Gasteiger partial charge in [0.05, 0.1) is 13.2 Å². The number of benzene rings is 1. The Labute approximate surface area is 108 Å². The van der Waals surface area contributed by atoms with Gasteiger partial charge >= 0.3 is 0 Å². The second kappa shape index (κ2) is 7.50. The molecule has 96 valence electrons. The molecule has 0 aliphatic heterocycles. The van der Waals surface area contributed by atoms with Gasteiger partial charge in [-0.1, -0.05) is 38.0 Å². The number of rotatable bonds is 7. The maximum atomic E-state index is 12.0. The second-order valence-corrected chi connectivity index (χ2v) is 4.23. The van der Waals surface area contributed by atoms with E-state index in [1.807, 2.05) is 12.1 Å². The van der Waals surface area contributed by atoms with Crippen molar-refractivity contribution in [2.45, 2.75) is 38.5 Å². The summed E-state index contributed by atoms with van der Waals surface area (Å²) < 4.78 is 5.20. The molecule has 0 fully saturated rings. The number of ether oxygens (including phenoxy) is 1. The van der Waals surface area contributed by atoms with Crippen LogP contribution < -0.4 is 4.74 Å². The van der Waals surface area contributed by atoms with Crippen molar-refractivity contribution in [1.29, 1.82) is 5.26 Å². The normalized spacial score (nSPS) is 11.6. The van der Waals surface area contributed by atoms with Gasteiger partial charge in [0.25, 0.3) is 0 Å². The minimum atomic E-state index is -0.710. The van der Waals surface area contributed by atoms with Crippen molar-refractivity contribution in [2.75, 3.05) is 7.11 Å². The Balaban J connectivity index is 2.83. The van der Waals surface area contributed by atoms with Crippen molar-refractivity contribution in [1.82, 2.24) is 0 Å². The predicted molar refractivity (Wildman–Crippen MR) is 70.5 cm³/mol. The summed E-state index contributed by atoms with van der Waals surface area (Å²) in [4.78, 5) is 12.0. The summed E-state index contributed by atoms with van der Waals surface area (Å²) in [5.41, 5.74) is 0.670. The zero-order chi connectivity index (χ0) is 13.4. The number of Topliss-reactive ketones (excluding diaryl/α,β-unsaturated/α-hetero) is 1. The van der Waals surface area contributed by atoms with Crippen LogP contribution in [0.15, 0.2) is 24.3 Å². The van der Waals surface area contributed by atoms with Crippen LogP contribution in [-0.4, -0.2) is 12.9 Å². The number of carbonyl (C=O) groups excluding carboxylic acids is 1. The fourth-order valence-corrected chi connectivity index (χ4v) is 1.91. The fraction of sp³-hybridized carbons (Fsp3) is 0.467. The molecule has 0 aromatic heterocycles. The maximum Gasteiger partial charge on any atom is 0.154 e. The fourth-order valence-electron chi connectivity index (χ4n) is 1.91. The molecule has 18 heavy (non-hydrogen) atoms. The van der Waals surface area contributed by atoms with Gasteiger partial charge in [-0.05, 0) is 12.5 Å². The van der Waals surface area contributed by atoms with Crippen LogP contribution in [0.1, 0.15) is 44.1 Å². The van der Waals surface area contributed by atoms with Gasteiger partial charge in [-0.25, -0.2) is 0 Å². The topological polar surface area (TPSA) is 50.1 Å². The molecule has 3 heteroatoms. The van der Waals surface area contributed by atoms with E-state index in [4.69, 9.17) is 4.74 Å². The Bertz CT molecular complexity index is 434. The van der Waals surface area contributed by atoms with E-state index in [9.17, 15) is 10.1 Å². The molecule has 0 radical (unpaired) electrons. The molecular formula is C15H19NO2. The van der Waals surface area contributed by atoms with Crippen molar-refractivity contribution >= 4 is 5.78 Å². The summed E-state index contributed by atoms with van der Waals surface area (Å²) in [5, 5.41) is 9.20. The molecule has 0 saturated heterocycles. The van der Waals surface area contributed by atoms with Crippen molar-refractivity contribution in [3.05, 3.63) is 29.8 Å². The number of unbranched alkanes of at least 4 members (excludes halogenated alkanes) is 2. The lowest BCUT2D eigenvalue weighted by atomic mass is 9.92. The molecule has 0 heterocycles. The Hall–Kier alpha value is -1.82. The van der Waals surface area contributed by atoms with Gasteiger partial charge in [0.15, 0.2) is 5.78 Å². The van der Waals surface area contributed by atoms with E-state index in [1.54, 1.807) is 19.2 Å². The van der Waals surface area contributed by atoms with E-state index in [2.05, 4.69) is 13.0 Å². The molecule has 0 bridgehead atoms. The van der Waals surface area contributed by atoms with Crippen LogP contribution >= 0.6 is 0 Å². The molecule has 0 saturated carbocycles. The SMILES string of the molecule is CCCCCC(=O)C(C#N)c1ccccc1OC. The summed E-state index contributed by atoms with van der Waals surface area (Å²) in [7, 11) is 1.55. The van der Waals surface area contributed by atoms with Gasteiger partial charge in [0.1, 0.15) is 11.7 Å². The van der Waals surface area contributed by atoms with Gasteiger partial charge in [-0.15, -0.1) is 0 Å². The lowest BCUT2D eigenvalue weighted by Crippen LogP contribution is -2.11. The van der Waals surface area contributed by atoms with E-state index in [1.165, 1.54) is 0 Å². The van der Waals surface area contributed by atoms with Crippen LogP contribution in [0.25, 0.3) is 0 Å². The molecule has 1 rings (SSSR count). The number of para-hydroxylation sites is 1. The quantitative estimate of drug-likeness (QED) is 0.691. The molecule has 0 N–H and O–H groups in total.